The van der Waals surface area contributed by atoms with Gasteiger partial charge in [0.05, 0.1) is 16.9 Å². The van der Waals surface area contributed by atoms with Crippen molar-refractivity contribution in [3.05, 3.63) is 16.9 Å². The second kappa shape index (κ2) is 3.03. The third-order valence-electron chi connectivity index (χ3n) is 1.36. The van der Waals surface area contributed by atoms with E-state index in [9.17, 15) is 0 Å². The molecule has 0 aliphatic carbocycles. The van der Waals surface area contributed by atoms with Gasteiger partial charge < -0.3 is 5.11 Å². The normalized spacial score (nSPS) is 10.3. The number of hydrogen-bond acceptors (Lipinski definition) is 2. The Morgan fingerprint density at radius 3 is 2.90 bits per heavy atom. The average molecular weight is 161 g/mol. The minimum absolute atomic E-state index is 0.110. The van der Waals surface area contributed by atoms with E-state index in [1.807, 2.05) is 0 Å². The highest BCUT2D eigenvalue weighted by molar-refractivity contribution is 6.31. The Morgan fingerprint density at radius 1 is 1.80 bits per heavy atom. The molecule has 1 rings (SSSR count). The molecule has 3 nitrogen and oxygen atoms in total. The maximum atomic E-state index is 8.59. The molecule has 0 saturated heterocycles. The molecule has 1 aromatic heterocycles. The number of rotatable bonds is 2. The Hall–Kier alpha value is -0.540. The van der Waals surface area contributed by atoms with Crippen molar-refractivity contribution in [3.8, 4) is 0 Å². The molecule has 0 saturated carbocycles. The molecule has 0 unspecified atom stereocenters. The Bertz CT molecular complexity index is 202. The van der Waals surface area contributed by atoms with Crippen LogP contribution in [0.5, 0.6) is 0 Å². The van der Waals surface area contributed by atoms with Crippen molar-refractivity contribution in [2.75, 3.05) is 6.61 Å². The van der Waals surface area contributed by atoms with E-state index in [1.165, 1.54) is 0 Å². The zero-order chi connectivity index (χ0) is 7.56. The summed E-state index contributed by atoms with van der Waals surface area (Å²) in [4.78, 5) is 0. The summed E-state index contributed by atoms with van der Waals surface area (Å²) in [5.41, 5.74) is 0.879. The first-order valence-corrected chi connectivity index (χ1v) is 3.40. The highest BCUT2D eigenvalue weighted by Crippen LogP contribution is 2.13. The fourth-order valence-electron chi connectivity index (χ4n) is 0.823. The number of aliphatic hydroxyl groups is 1. The molecule has 0 aliphatic rings. The maximum absolute atomic E-state index is 8.59. The van der Waals surface area contributed by atoms with Crippen LogP contribution in [0.2, 0.25) is 5.02 Å². The van der Waals surface area contributed by atoms with Crippen LogP contribution < -0.4 is 0 Å². The number of aliphatic hydroxyl groups excluding tert-OH is 1. The summed E-state index contributed by atoms with van der Waals surface area (Å²) < 4.78 is 1.67. The molecule has 1 N–H and O–H groups in total. The van der Waals surface area contributed by atoms with Gasteiger partial charge in [0.1, 0.15) is 0 Å². The van der Waals surface area contributed by atoms with Gasteiger partial charge in [-0.25, -0.2) is 0 Å². The molecule has 0 radical (unpaired) electrons. The largest absolute Gasteiger partial charge is 0.396 e. The highest BCUT2D eigenvalue weighted by Gasteiger charge is 2.03. The van der Waals surface area contributed by atoms with Crippen LogP contribution in [0.1, 0.15) is 5.69 Å². The fourth-order valence-corrected chi connectivity index (χ4v) is 1.08. The molecular formula is C6H9ClN2O. The van der Waals surface area contributed by atoms with Crippen LogP contribution in [0, 0.1) is 0 Å². The molecule has 0 fully saturated rings. The third-order valence-corrected chi connectivity index (χ3v) is 1.67. The van der Waals surface area contributed by atoms with E-state index in [0.29, 0.717) is 11.4 Å². The third kappa shape index (κ3) is 1.30. The van der Waals surface area contributed by atoms with E-state index in [0.717, 1.165) is 5.69 Å². The molecule has 56 valence electrons. The summed E-state index contributed by atoms with van der Waals surface area (Å²) in [7, 11) is 1.80. The lowest BCUT2D eigenvalue weighted by molar-refractivity contribution is 0.296. The van der Waals surface area contributed by atoms with Crippen molar-refractivity contribution in [1.29, 1.82) is 0 Å². The van der Waals surface area contributed by atoms with Gasteiger partial charge in [0.15, 0.2) is 0 Å². The van der Waals surface area contributed by atoms with Crippen LogP contribution in [0.4, 0.5) is 0 Å². The van der Waals surface area contributed by atoms with Crippen molar-refractivity contribution in [2.24, 2.45) is 7.05 Å². The molecule has 0 bridgehead atoms. The molecule has 0 atom stereocenters. The lowest BCUT2D eigenvalue weighted by Crippen LogP contribution is -2.00. The second-order valence-electron chi connectivity index (χ2n) is 2.04. The molecule has 0 aromatic carbocycles. The molecule has 0 aliphatic heterocycles. The number of aromatic nitrogens is 2. The lowest BCUT2D eigenvalue weighted by atomic mass is 10.3. The summed E-state index contributed by atoms with van der Waals surface area (Å²) in [6.45, 7) is 0.110. The number of aryl methyl sites for hydroxylation is 1. The average Bonchev–Trinajstić information content (AvgIpc) is 2.20. The summed E-state index contributed by atoms with van der Waals surface area (Å²) in [6, 6.07) is 0. The van der Waals surface area contributed by atoms with E-state index in [-0.39, 0.29) is 6.61 Å². The van der Waals surface area contributed by atoms with Gasteiger partial charge in [0.25, 0.3) is 0 Å². The van der Waals surface area contributed by atoms with Crippen LogP contribution in [0.25, 0.3) is 0 Å². The van der Waals surface area contributed by atoms with Crippen LogP contribution in [-0.4, -0.2) is 21.5 Å². The Kier molecular flexibility index (Phi) is 2.29. The predicted molar refractivity (Wildman–Crippen MR) is 39.0 cm³/mol. The van der Waals surface area contributed by atoms with Crippen molar-refractivity contribution in [3.63, 3.8) is 0 Å². The lowest BCUT2D eigenvalue weighted by Gasteiger charge is -1.97. The Balaban J connectivity index is 2.87. The molecule has 0 spiro atoms. The first kappa shape index (κ1) is 7.57. The number of halogens is 1. The highest BCUT2D eigenvalue weighted by atomic mass is 35.5. The number of nitrogens with zero attached hydrogens (tertiary/aromatic N) is 2. The fraction of sp³-hybridized carbons (Fsp3) is 0.500. The van der Waals surface area contributed by atoms with E-state index in [2.05, 4.69) is 5.10 Å². The maximum Gasteiger partial charge on any atom is 0.0818 e. The molecule has 10 heavy (non-hydrogen) atoms. The molecule has 4 heteroatoms. The predicted octanol–water partition coefficient (Wildman–Crippen LogP) is 0.608. The Labute approximate surface area is 64.2 Å². The van der Waals surface area contributed by atoms with Crippen LogP contribution >= 0.6 is 11.6 Å². The minimum atomic E-state index is 0.110. The smallest absolute Gasteiger partial charge is 0.0818 e. The van der Waals surface area contributed by atoms with Gasteiger partial charge in [0.2, 0.25) is 0 Å². The Morgan fingerprint density at radius 2 is 2.50 bits per heavy atom. The van der Waals surface area contributed by atoms with Crippen LogP contribution in [0.3, 0.4) is 0 Å². The van der Waals surface area contributed by atoms with Gasteiger partial charge in [-0.1, -0.05) is 11.6 Å². The van der Waals surface area contributed by atoms with Gasteiger partial charge in [-0.15, -0.1) is 0 Å². The van der Waals surface area contributed by atoms with Crippen molar-refractivity contribution in [2.45, 2.75) is 6.42 Å². The molecule has 0 amide bonds. The van der Waals surface area contributed by atoms with E-state index < -0.39 is 0 Å². The SMILES string of the molecule is Cn1ncc(Cl)c1CCO. The summed E-state index contributed by atoms with van der Waals surface area (Å²) in [5, 5.41) is 13.1. The molecule has 1 aromatic rings. The van der Waals surface area contributed by atoms with Gasteiger partial charge in [-0.3, -0.25) is 4.68 Å². The standard InChI is InChI=1S/C6H9ClN2O/c1-9-6(2-3-10)5(7)4-8-9/h4,10H,2-3H2,1H3. The van der Waals surface area contributed by atoms with E-state index >= 15 is 0 Å². The van der Waals surface area contributed by atoms with Gasteiger partial charge in [-0.05, 0) is 0 Å². The summed E-state index contributed by atoms with van der Waals surface area (Å²) >= 11 is 5.73. The van der Waals surface area contributed by atoms with E-state index in [1.54, 1.807) is 17.9 Å². The van der Waals surface area contributed by atoms with Gasteiger partial charge in [-0.2, -0.15) is 5.10 Å². The summed E-state index contributed by atoms with van der Waals surface area (Å²) in [5.74, 6) is 0. The molecule has 1 heterocycles. The van der Waals surface area contributed by atoms with E-state index in [4.69, 9.17) is 16.7 Å². The first-order chi connectivity index (χ1) is 4.75. The zero-order valence-corrected chi connectivity index (χ0v) is 6.47. The van der Waals surface area contributed by atoms with Gasteiger partial charge in [0, 0.05) is 20.1 Å². The van der Waals surface area contributed by atoms with Crippen molar-refractivity contribution in [1.82, 2.24) is 9.78 Å². The van der Waals surface area contributed by atoms with Crippen LogP contribution in [0.15, 0.2) is 6.20 Å². The quantitative estimate of drug-likeness (QED) is 0.689. The minimum Gasteiger partial charge on any atom is -0.396 e. The van der Waals surface area contributed by atoms with Gasteiger partial charge >= 0.3 is 0 Å². The zero-order valence-electron chi connectivity index (χ0n) is 5.71. The number of hydrogen-bond donors (Lipinski definition) is 1. The first-order valence-electron chi connectivity index (χ1n) is 3.03. The topological polar surface area (TPSA) is 38.0 Å². The molecular weight excluding hydrogens is 152 g/mol. The van der Waals surface area contributed by atoms with Crippen molar-refractivity contribution >= 4 is 11.6 Å². The monoisotopic (exact) mass is 160 g/mol. The summed E-state index contributed by atoms with van der Waals surface area (Å²) in [6.07, 6.45) is 2.14. The van der Waals surface area contributed by atoms with Crippen LogP contribution in [-0.2, 0) is 13.5 Å². The van der Waals surface area contributed by atoms with Crippen molar-refractivity contribution < 1.29 is 5.11 Å². The second-order valence-corrected chi connectivity index (χ2v) is 2.44.